The van der Waals surface area contributed by atoms with Gasteiger partial charge in [0.2, 0.25) is 10.0 Å². The van der Waals surface area contributed by atoms with E-state index in [0.29, 0.717) is 6.54 Å². The first-order valence-electron chi connectivity index (χ1n) is 6.67. The van der Waals surface area contributed by atoms with Gasteiger partial charge in [0.15, 0.2) is 5.58 Å². The van der Waals surface area contributed by atoms with E-state index in [1.165, 1.54) is 0 Å². The molecule has 1 aromatic carbocycles. The molecule has 0 unspecified atom stereocenters. The molecule has 8 heteroatoms. The van der Waals surface area contributed by atoms with Crippen LogP contribution in [0.25, 0.3) is 11.1 Å². The van der Waals surface area contributed by atoms with E-state index in [0.717, 1.165) is 31.4 Å². The maximum absolute atomic E-state index is 14.0. The SMILES string of the molecule is CCC1(CNS(=O)(=O)c2cc3oc(=O)[nH]c3cc2F)CC1. The van der Waals surface area contributed by atoms with E-state index in [4.69, 9.17) is 4.42 Å². The molecule has 2 N–H and O–H groups in total. The van der Waals surface area contributed by atoms with E-state index in [9.17, 15) is 17.6 Å². The minimum Gasteiger partial charge on any atom is -0.408 e. The molecule has 1 aromatic heterocycles. The summed E-state index contributed by atoms with van der Waals surface area (Å²) < 4.78 is 45.6. The number of sulfonamides is 1. The molecule has 0 radical (unpaired) electrons. The first-order chi connectivity index (χ1) is 9.85. The van der Waals surface area contributed by atoms with Crippen molar-refractivity contribution in [2.75, 3.05) is 6.54 Å². The van der Waals surface area contributed by atoms with Crippen LogP contribution in [0.2, 0.25) is 0 Å². The van der Waals surface area contributed by atoms with Gasteiger partial charge in [-0.05, 0) is 24.7 Å². The third kappa shape index (κ3) is 2.60. The number of aromatic amines is 1. The number of aromatic nitrogens is 1. The fraction of sp³-hybridized carbons (Fsp3) is 0.462. The van der Waals surface area contributed by atoms with Gasteiger partial charge in [-0.2, -0.15) is 0 Å². The number of rotatable bonds is 5. The van der Waals surface area contributed by atoms with Gasteiger partial charge in [-0.25, -0.2) is 22.3 Å². The lowest BCUT2D eigenvalue weighted by Gasteiger charge is -2.14. The van der Waals surface area contributed by atoms with Crippen LogP contribution in [0.3, 0.4) is 0 Å². The first-order valence-corrected chi connectivity index (χ1v) is 8.16. The highest BCUT2D eigenvalue weighted by Crippen LogP contribution is 2.48. The van der Waals surface area contributed by atoms with Crippen molar-refractivity contribution in [3.8, 4) is 0 Å². The third-order valence-electron chi connectivity index (χ3n) is 4.11. The van der Waals surface area contributed by atoms with Crippen LogP contribution in [0.15, 0.2) is 26.2 Å². The summed E-state index contributed by atoms with van der Waals surface area (Å²) in [5.74, 6) is -1.68. The molecule has 0 aliphatic heterocycles. The zero-order valence-corrected chi connectivity index (χ0v) is 12.2. The smallest absolute Gasteiger partial charge is 0.408 e. The van der Waals surface area contributed by atoms with Crippen LogP contribution in [0.1, 0.15) is 26.2 Å². The minimum absolute atomic E-state index is 0.00823. The summed E-state index contributed by atoms with van der Waals surface area (Å²) >= 11 is 0. The van der Waals surface area contributed by atoms with Crippen LogP contribution >= 0.6 is 0 Å². The molecule has 21 heavy (non-hydrogen) atoms. The van der Waals surface area contributed by atoms with Crippen LogP contribution in [-0.4, -0.2) is 19.9 Å². The Kier molecular flexibility index (Phi) is 3.18. The van der Waals surface area contributed by atoms with Gasteiger partial charge in [-0.15, -0.1) is 0 Å². The number of oxazole rings is 1. The number of benzene rings is 1. The predicted octanol–water partition coefficient (Wildman–Crippen LogP) is 1.73. The molecule has 114 valence electrons. The molecule has 0 amide bonds. The molecular formula is C13H15FN2O4S. The molecule has 0 bridgehead atoms. The van der Waals surface area contributed by atoms with Gasteiger partial charge < -0.3 is 4.42 Å². The van der Waals surface area contributed by atoms with Crippen molar-refractivity contribution in [3.63, 3.8) is 0 Å². The van der Waals surface area contributed by atoms with E-state index in [2.05, 4.69) is 9.71 Å². The maximum Gasteiger partial charge on any atom is 0.417 e. The van der Waals surface area contributed by atoms with Gasteiger partial charge in [0, 0.05) is 18.7 Å². The first kappa shape index (κ1) is 14.3. The van der Waals surface area contributed by atoms with Crippen LogP contribution in [0, 0.1) is 11.2 Å². The monoisotopic (exact) mass is 314 g/mol. The zero-order valence-electron chi connectivity index (χ0n) is 11.4. The molecule has 0 saturated heterocycles. The molecule has 1 saturated carbocycles. The topological polar surface area (TPSA) is 92.2 Å². The van der Waals surface area contributed by atoms with Crippen molar-refractivity contribution in [1.82, 2.24) is 9.71 Å². The van der Waals surface area contributed by atoms with Gasteiger partial charge >= 0.3 is 5.76 Å². The molecular weight excluding hydrogens is 299 g/mol. The van der Waals surface area contributed by atoms with Gasteiger partial charge in [0.25, 0.3) is 0 Å². The molecule has 1 aliphatic rings. The summed E-state index contributed by atoms with van der Waals surface area (Å²) in [6.07, 6.45) is 2.82. The molecule has 0 spiro atoms. The second kappa shape index (κ2) is 4.67. The second-order valence-electron chi connectivity index (χ2n) is 5.47. The standard InChI is InChI=1S/C13H15FN2O4S/c1-2-13(3-4-13)7-15-21(18,19)11-6-10-9(5-8(11)14)16-12(17)20-10/h5-6,15H,2-4,7H2,1H3,(H,16,17). The summed E-state index contributed by atoms with van der Waals surface area (Å²) in [5, 5.41) is 0. The van der Waals surface area contributed by atoms with Gasteiger partial charge in [-0.3, -0.25) is 4.98 Å². The van der Waals surface area contributed by atoms with E-state index in [-0.39, 0.29) is 16.5 Å². The number of H-pyrrole nitrogens is 1. The van der Waals surface area contributed by atoms with Crippen LogP contribution in [-0.2, 0) is 10.0 Å². The summed E-state index contributed by atoms with van der Waals surface area (Å²) in [6.45, 7) is 2.29. The van der Waals surface area contributed by atoms with Crippen molar-refractivity contribution in [3.05, 3.63) is 28.5 Å². The predicted molar refractivity (Wildman–Crippen MR) is 73.9 cm³/mol. The Balaban J connectivity index is 1.94. The Morgan fingerprint density at radius 2 is 2.14 bits per heavy atom. The highest BCUT2D eigenvalue weighted by atomic mass is 32.2. The molecule has 6 nitrogen and oxygen atoms in total. The Labute approximate surface area is 120 Å². The van der Waals surface area contributed by atoms with Crippen LogP contribution in [0.4, 0.5) is 4.39 Å². The summed E-state index contributed by atoms with van der Waals surface area (Å²) in [6, 6.07) is 1.97. The van der Waals surface area contributed by atoms with Crippen molar-refractivity contribution in [2.45, 2.75) is 31.1 Å². The molecule has 1 heterocycles. The molecule has 1 fully saturated rings. The lowest BCUT2D eigenvalue weighted by atomic mass is 10.1. The van der Waals surface area contributed by atoms with E-state index < -0.39 is 26.5 Å². The van der Waals surface area contributed by atoms with E-state index in [1.807, 2.05) is 6.92 Å². The van der Waals surface area contributed by atoms with Crippen molar-refractivity contribution in [2.24, 2.45) is 5.41 Å². The highest BCUT2D eigenvalue weighted by molar-refractivity contribution is 7.89. The average Bonchev–Trinajstić information content (AvgIpc) is 3.12. The third-order valence-corrected chi connectivity index (χ3v) is 5.52. The van der Waals surface area contributed by atoms with Crippen molar-refractivity contribution < 1.29 is 17.2 Å². The van der Waals surface area contributed by atoms with Crippen LogP contribution < -0.4 is 10.5 Å². The van der Waals surface area contributed by atoms with Crippen molar-refractivity contribution in [1.29, 1.82) is 0 Å². The average molecular weight is 314 g/mol. The maximum atomic E-state index is 14.0. The number of halogens is 1. The number of fused-ring (bicyclic) bond motifs is 1. The zero-order chi connectivity index (χ0) is 15.3. The lowest BCUT2D eigenvalue weighted by Crippen LogP contribution is -2.30. The molecule has 2 aromatic rings. The molecule has 1 aliphatic carbocycles. The fourth-order valence-corrected chi connectivity index (χ4v) is 3.55. The normalized spacial score (nSPS) is 17.2. The Morgan fingerprint density at radius 1 is 1.43 bits per heavy atom. The minimum atomic E-state index is -3.98. The summed E-state index contributed by atoms with van der Waals surface area (Å²) in [4.78, 5) is 12.8. The number of hydrogen-bond acceptors (Lipinski definition) is 4. The number of nitrogens with one attached hydrogen (secondary N) is 2. The molecule has 0 atom stereocenters. The van der Waals surface area contributed by atoms with Crippen LogP contribution in [0.5, 0.6) is 0 Å². The largest absolute Gasteiger partial charge is 0.417 e. The Hall–Kier alpha value is -1.67. The number of hydrogen-bond donors (Lipinski definition) is 2. The van der Waals surface area contributed by atoms with E-state index >= 15 is 0 Å². The molecule has 3 rings (SSSR count). The second-order valence-corrected chi connectivity index (χ2v) is 7.21. The van der Waals surface area contributed by atoms with Gasteiger partial charge in [0.1, 0.15) is 10.7 Å². The van der Waals surface area contributed by atoms with Gasteiger partial charge in [-0.1, -0.05) is 6.92 Å². The quantitative estimate of drug-likeness (QED) is 0.879. The summed E-state index contributed by atoms with van der Waals surface area (Å²) in [7, 11) is -3.98. The fourth-order valence-electron chi connectivity index (χ4n) is 2.32. The van der Waals surface area contributed by atoms with E-state index in [1.54, 1.807) is 0 Å². The lowest BCUT2D eigenvalue weighted by molar-refractivity contribution is 0.473. The van der Waals surface area contributed by atoms with Crippen molar-refractivity contribution >= 4 is 21.1 Å². The highest BCUT2D eigenvalue weighted by Gasteiger charge is 2.41. The Morgan fingerprint density at radius 3 is 2.76 bits per heavy atom. The Bertz CT molecular complexity index is 849. The summed E-state index contributed by atoms with van der Waals surface area (Å²) in [5.41, 5.74) is 0.149. The van der Waals surface area contributed by atoms with Gasteiger partial charge in [0.05, 0.1) is 5.52 Å².